The summed E-state index contributed by atoms with van der Waals surface area (Å²) < 4.78 is 0. The average molecular weight is 256 g/mol. The summed E-state index contributed by atoms with van der Waals surface area (Å²) in [5.74, 6) is -0.0153. The largest absolute Gasteiger partial charge is 0.397 e. The Kier molecular flexibility index (Phi) is 3.76. The molecule has 1 saturated carbocycles. The van der Waals surface area contributed by atoms with E-state index >= 15 is 0 Å². The minimum absolute atomic E-state index is 0.0153. The van der Waals surface area contributed by atoms with Crippen LogP contribution in [0.3, 0.4) is 0 Å². The molecule has 1 aliphatic rings. The molecule has 1 aliphatic carbocycles. The van der Waals surface area contributed by atoms with Crippen molar-refractivity contribution in [1.29, 1.82) is 0 Å². The minimum atomic E-state index is -0.0153. The van der Waals surface area contributed by atoms with E-state index in [1.807, 2.05) is 17.1 Å². The first-order valence-electron chi connectivity index (χ1n) is 5.39. The first kappa shape index (κ1) is 11.8. The van der Waals surface area contributed by atoms with Crippen molar-refractivity contribution in [1.82, 2.24) is 5.32 Å². The molecule has 5 heteroatoms. The Bertz CT molecular complexity index is 378. The molecule has 1 fully saturated rings. The quantitative estimate of drug-likeness (QED) is 0.873. The van der Waals surface area contributed by atoms with Crippen molar-refractivity contribution in [3.05, 3.63) is 16.3 Å². The zero-order valence-electron chi connectivity index (χ0n) is 9.23. The standard InChI is InChI=1S/C11H16N2OS2/c1-15-9-4-2-3-8(9)13-11(14)10-7(12)5-6-16-10/h5-6,8-9H,2-4,12H2,1H3,(H,13,14). The molecule has 0 saturated heterocycles. The Balaban J connectivity index is 2.00. The molecule has 0 spiro atoms. The van der Waals surface area contributed by atoms with Crippen LogP contribution in [0.4, 0.5) is 5.69 Å². The number of thioether (sulfide) groups is 1. The molecule has 2 unspecified atom stereocenters. The Morgan fingerprint density at radius 3 is 3.06 bits per heavy atom. The van der Waals surface area contributed by atoms with Gasteiger partial charge in [-0.2, -0.15) is 11.8 Å². The second-order valence-corrected chi connectivity index (χ2v) is 5.98. The van der Waals surface area contributed by atoms with Gasteiger partial charge in [0.2, 0.25) is 0 Å². The number of carbonyl (C=O) groups is 1. The predicted molar refractivity (Wildman–Crippen MR) is 71.1 cm³/mol. The molecule has 0 aliphatic heterocycles. The molecule has 1 aromatic heterocycles. The van der Waals surface area contributed by atoms with Crippen molar-refractivity contribution in [3.63, 3.8) is 0 Å². The van der Waals surface area contributed by atoms with E-state index in [4.69, 9.17) is 5.73 Å². The number of amides is 1. The maximum Gasteiger partial charge on any atom is 0.263 e. The summed E-state index contributed by atoms with van der Waals surface area (Å²) in [4.78, 5) is 12.6. The van der Waals surface area contributed by atoms with Crippen molar-refractivity contribution in [2.24, 2.45) is 0 Å². The number of anilines is 1. The van der Waals surface area contributed by atoms with Gasteiger partial charge in [-0.3, -0.25) is 4.79 Å². The fourth-order valence-corrected chi connectivity index (χ4v) is 3.77. The Hall–Kier alpha value is -0.680. The Morgan fingerprint density at radius 1 is 1.62 bits per heavy atom. The highest BCUT2D eigenvalue weighted by Gasteiger charge is 2.28. The van der Waals surface area contributed by atoms with Crippen molar-refractivity contribution in [2.45, 2.75) is 30.6 Å². The van der Waals surface area contributed by atoms with Gasteiger partial charge in [0, 0.05) is 11.3 Å². The molecule has 0 aromatic carbocycles. The van der Waals surface area contributed by atoms with Gasteiger partial charge in [-0.1, -0.05) is 6.42 Å². The summed E-state index contributed by atoms with van der Waals surface area (Å²) in [6.45, 7) is 0. The van der Waals surface area contributed by atoms with Gasteiger partial charge < -0.3 is 11.1 Å². The predicted octanol–water partition coefficient (Wildman–Crippen LogP) is 2.34. The summed E-state index contributed by atoms with van der Waals surface area (Å²) in [6.07, 6.45) is 5.60. The molecule has 2 atom stereocenters. The number of hydrogen-bond donors (Lipinski definition) is 2. The molecule has 0 bridgehead atoms. The SMILES string of the molecule is CSC1CCCC1NC(=O)c1sccc1N. The molecule has 3 N–H and O–H groups in total. The summed E-state index contributed by atoms with van der Waals surface area (Å²) in [5.41, 5.74) is 6.31. The van der Waals surface area contributed by atoms with E-state index in [0.29, 0.717) is 21.9 Å². The van der Waals surface area contributed by atoms with E-state index in [-0.39, 0.29) is 5.91 Å². The second kappa shape index (κ2) is 5.10. The van der Waals surface area contributed by atoms with Crippen LogP contribution in [0.25, 0.3) is 0 Å². The fourth-order valence-electron chi connectivity index (χ4n) is 2.11. The third-order valence-electron chi connectivity index (χ3n) is 2.97. The maximum absolute atomic E-state index is 12.0. The maximum atomic E-state index is 12.0. The lowest BCUT2D eigenvalue weighted by Gasteiger charge is -2.18. The van der Waals surface area contributed by atoms with Crippen molar-refractivity contribution in [2.75, 3.05) is 12.0 Å². The van der Waals surface area contributed by atoms with E-state index < -0.39 is 0 Å². The summed E-state index contributed by atoms with van der Waals surface area (Å²) >= 11 is 3.25. The third-order valence-corrected chi connectivity index (χ3v) is 5.07. The van der Waals surface area contributed by atoms with Crippen LogP contribution >= 0.6 is 23.1 Å². The smallest absolute Gasteiger partial charge is 0.263 e. The van der Waals surface area contributed by atoms with Crippen LogP contribution in [-0.2, 0) is 0 Å². The van der Waals surface area contributed by atoms with Crippen LogP contribution in [0.5, 0.6) is 0 Å². The van der Waals surface area contributed by atoms with E-state index in [9.17, 15) is 4.79 Å². The number of hydrogen-bond acceptors (Lipinski definition) is 4. The van der Waals surface area contributed by atoms with E-state index in [1.165, 1.54) is 24.2 Å². The van der Waals surface area contributed by atoms with Crippen LogP contribution in [0.2, 0.25) is 0 Å². The second-order valence-electron chi connectivity index (χ2n) is 3.99. The zero-order chi connectivity index (χ0) is 11.5. The molecule has 3 nitrogen and oxygen atoms in total. The Labute approximate surface area is 104 Å². The number of nitrogens with two attached hydrogens (primary N) is 1. The molecular weight excluding hydrogens is 240 g/mol. The monoisotopic (exact) mass is 256 g/mol. The van der Waals surface area contributed by atoms with E-state index in [1.54, 1.807) is 6.07 Å². The van der Waals surface area contributed by atoms with Crippen LogP contribution in [0.1, 0.15) is 28.9 Å². The van der Waals surface area contributed by atoms with Gasteiger partial charge in [0.25, 0.3) is 5.91 Å². The molecule has 88 valence electrons. The molecule has 1 aromatic rings. The first-order valence-corrected chi connectivity index (χ1v) is 7.55. The highest BCUT2D eigenvalue weighted by molar-refractivity contribution is 7.99. The molecule has 0 radical (unpaired) electrons. The van der Waals surface area contributed by atoms with E-state index in [0.717, 1.165) is 6.42 Å². The molecule has 2 rings (SSSR count). The average Bonchev–Trinajstić information content (AvgIpc) is 2.86. The molecule has 1 heterocycles. The summed E-state index contributed by atoms with van der Waals surface area (Å²) in [6, 6.07) is 2.09. The lowest BCUT2D eigenvalue weighted by molar-refractivity contribution is 0.0943. The first-order chi connectivity index (χ1) is 7.72. The number of carbonyl (C=O) groups excluding carboxylic acids is 1. The number of thiophene rings is 1. The normalized spacial score (nSPS) is 24.6. The zero-order valence-corrected chi connectivity index (χ0v) is 10.9. The van der Waals surface area contributed by atoms with Gasteiger partial charge in [0.15, 0.2) is 0 Å². The van der Waals surface area contributed by atoms with E-state index in [2.05, 4.69) is 11.6 Å². The summed E-state index contributed by atoms with van der Waals surface area (Å²) in [5, 5.41) is 5.51. The topological polar surface area (TPSA) is 55.1 Å². The molecule has 16 heavy (non-hydrogen) atoms. The van der Waals surface area contributed by atoms with Crippen molar-refractivity contribution >= 4 is 34.7 Å². The van der Waals surface area contributed by atoms with Crippen LogP contribution in [0.15, 0.2) is 11.4 Å². The van der Waals surface area contributed by atoms with Gasteiger partial charge in [0.05, 0.1) is 5.69 Å². The van der Waals surface area contributed by atoms with Crippen LogP contribution in [-0.4, -0.2) is 23.5 Å². The summed E-state index contributed by atoms with van der Waals surface area (Å²) in [7, 11) is 0. The highest BCUT2D eigenvalue weighted by Crippen LogP contribution is 2.29. The molecule has 1 amide bonds. The number of nitrogens with one attached hydrogen (secondary N) is 1. The van der Waals surface area contributed by atoms with Gasteiger partial charge in [-0.05, 0) is 30.5 Å². The fraction of sp³-hybridized carbons (Fsp3) is 0.545. The lowest BCUT2D eigenvalue weighted by atomic mass is 10.2. The molecular formula is C11H16N2OS2. The number of rotatable bonds is 3. The van der Waals surface area contributed by atoms with Crippen molar-refractivity contribution in [3.8, 4) is 0 Å². The minimum Gasteiger partial charge on any atom is -0.397 e. The van der Waals surface area contributed by atoms with Gasteiger partial charge in [0.1, 0.15) is 4.88 Å². The van der Waals surface area contributed by atoms with Crippen LogP contribution < -0.4 is 11.1 Å². The van der Waals surface area contributed by atoms with Gasteiger partial charge in [-0.25, -0.2) is 0 Å². The van der Waals surface area contributed by atoms with Gasteiger partial charge >= 0.3 is 0 Å². The lowest BCUT2D eigenvalue weighted by Crippen LogP contribution is -2.38. The van der Waals surface area contributed by atoms with Crippen LogP contribution in [0, 0.1) is 0 Å². The van der Waals surface area contributed by atoms with Gasteiger partial charge in [-0.15, -0.1) is 11.3 Å². The highest BCUT2D eigenvalue weighted by atomic mass is 32.2. The Morgan fingerprint density at radius 2 is 2.44 bits per heavy atom. The van der Waals surface area contributed by atoms with Crippen molar-refractivity contribution < 1.29 is 4.79 Å². The number of nitrogen functional groups attached to an aromatic ring is 1. The third kappa shape index (κ3) is 2.35.